The number of halogens is 1. The Morgan fingerprint density at radius 1 is 1.21 bits per heavy atom. The second kappa shape index (κ2) is 5.92. The lowest BCUT2D eigenvalue weighted by Crippen LogP contribution is -2.33. The van der Waals surface area contributed by atoms with Gasteiger partial charge in [-0.15, -0.1) is 0 Å². The van der Waals surface area contributed by atoms with E-state index in [0.29, 0.717) is 17.5 Å². The lowest BCUT2D eigenvalue weighted by atomic mass is 10.0. The predicted octanol–water partition coefficient (Wildman–Crippen LogP) is 3.58. The summed E-state index contributed by atoms with van der Waals surface area (Å²) in [5, 5.41) is 7.29. The number of hydrogen-bond donors (Lipinski definition) is 1. The Bertz CT molecular complexity index is 743. The number of carbonyl (C=O) groups excluding carboxylic acids is 1. The number of fused-ring (bicyclic) bond motifs is 1. The average Bonchev–Trinajstić information content (AvgIpc) is 3.24. The molecule has 0 radical (unpaired) electrons. The molecule has 4 rings (SSSR count). The minimum atomic E-state index is -0.281. The van der Waals surface area contributed by atoms with Gasteiger partial charge in [0.2, 0.25) is 0 Å². The molecule has 126 valence electrons. The first kappa shape index (κ1) is 15.2. The van der Waals surface area contributed by atoms with Gasteiger partial charge in [0, 0.05) is 13.1 Å². The van der Waals surface area contributed by atoms with Crippen molar-refractivity contribution in [2.24, 2.45) is 11.8 Å². The summed E-state index contributed by atoms with van der Waals surface area (Å²) in [6.07, 6.45) is 5.44. The minimum Gasteiger partial charge on any atom is -0.324 e. The number of nitrogens with zero attached hydrogens (tertiary/aromatic N) is 3. The lowest BCUT2D eigenvalue weighted by molar-refractivity contribution is 0.219. The van der Waals surface area contributed by atoms with Crippen molar-refractivity contribution >= 4 is 11.7 Å². The highest BCUT2D eigenvalue weighted by Crippen LogP contribution is 2.37. The topological polar surface area (TPSA) is 50.2 Å². The molecule has 2 aromatic rings. The van der Waals surface area contributed by atoms with Gasteiger partial charge >= 0.3 is 6.03 Å². The zero-order valence-corrected chi connectivity index (χ0v) is 13.7. The molecule has 1 aliphatic heterocycles. The van der Waals surface area contributed by atoms with Crippen LogP contribution in [0, 0.1) is 24.6 Å². The highest BCUT2D eigenvalue weighted by Gasteiger charge is 2.38. The van der Waals surface area contributed by atoms with E-state index in [0.717, 1.165) is 24.5 Å². The van der Waals surface area contributed by atoms with Crippen molar-refractivity contribution in [2.75, 3.05) is 18.4 Å². The predicted molar refractivity (Wildman–Crippen MR) is 89.7 cm³/mol. The number of anilines is 1. The van der Waals surface area contributed by atoms with Gasteiger partial charge in [-0.25, -0.2) is 13.9 Å². The number of amides is 2. The molecule has 1 aromatic carbocycles. The molecule has 1 saturated heterocycles. The van der Waals surface area contributed by atoms with Gasteiger partial charge in [0.25, 0.3) is 0 Å². The molecular weight excluding hydrogens is 307 g/mol. The van der Waals surface area contributed by atoms with Gasteiger partial charge in [-0.2, -0.15) is 5.10 Å². The van der Waals surface area contributed by atoms with Crippen LogP contribution in [0.2, 0.25) is 0 Å². The first-order chi connectivity index (χ1) is 11.6. The van der Waals surface area contributed by atoms with Crippen molar-refractivity contribution in [3.63, 3.8) is 0 Å². The van der Waals surface area contributed by atoms with Crippen LogP contribution in [0.3, 0.4) is 0 Å². The third kappa shape index (κ3) is 2.66. The van der Waals surface area contributed by atoms with Gasteiger partial charge < -0.3 is 10.2 Å². The zero-order valence-electron chi connectivity index (χ0n) is 13.7. The summed E-state index contributed by atoms with van der Waals surface area (Å²) in [6.45, 7) is 3.62. The third-order valence-corrected chi connectivity index (χ3v) is 5.34. The molecule has 5 nitrogen and oxygen atoms in total. The minimum absolute atomic E-state index is 0.0499. The third-order valence-electron chi connectivity index (χ3n) is 5.34. The number of carbonyl (C=O) groups is 1. The zero-order chi connectivity index (χ0) is 16.7. The van der Waals surface area contributed by atoms with Gasteiger partial charge in [0.05, 0.1) is 23.3 Å². The number of likely N-dealkylation sites (tertiary alicyclic amines) is 1. The van der Waals surface area contributed by atoms with Crippen LogP contribution in [-0.2, 0) is 0 Å². The number of urea groups is 1. The van der Waals surface area contributed by atoms with E-state index in [1.54, 1.807) is 23.0 Å². The van der Waals surface area contributed by atoms with E-state index in [1.807, 2.05) is 11.8 Å². The molecule has 1 saturated carbocycles. The molecule has 2 atom stereocenters. The van der Waals surface area contributed by atoms with Gasteiger partial charge in [-0.3, -0.25) is 0 Å². The Kier molecular flexibility index (Phi) is 3.75. The SMILES string of the molecule is Cc1c(NC(=O)N2C[C@H]3CCC[C@H]3C2)cnn1-c1ccc(F)cc1. The summed E-state index contributed by atoms with van der Waals surface area (Å²) in [4.78, 5) is 14.4. The second-order valence-electron chi connectivity index (χ2n) is 6.82. The summed E-state index contributed by atoms with van der Waals surface area (Å²) < 4.78 is 14.8. The molecule has 1 aromatic heterocycles. The molecular formula is C18H21FN4O. The molecule has 0 bridgehead atoms. The van der Waals surface area contributed by atoms with Crippen LogP contribution >= 0.6 is 0 Å². The molecule has 0 unspecified atom stereocenters. The smallest absolute Gasteiger partial charge is 0.321 e. The van der Waals surface area contributed by atoms with Crippen LogP contribution in [0.5, 0.6) is 0 Å². The number of benzene rings is 1. The molecule has 1 N–H and O–H groups in total. The van der Waals surface area contributed by atoms with Crippen LogP contribution in [0.4, 0.5) is 14.9 Å². The summed E-state index contributed by atoms with van der Waals surface area (Å²) in [5.41, 5.74) is 2.29. The largest absolute Gasteiger partial charge is 0.324 e. The van der Waals surface area contributed by atoms with Crippen molar-refractivity contribution in [1.29, 1.82) is 0 Å². The molecule has 2 fully saturated rings. The van der Waals surface area contributed by atoms with Crippen molar-refractivity contribution in [2.45, 2.75) is 26.2 Å². The van der Waals surface area contributed by atoms with Gasteiger partial charge in [-0.05, 0) is 55.9 Å². The fraction of sp³-hybridized carbons (Fsp3) is 0.444. The van der Waals surface area contributed by atoms with E-state index in [1.165, 1.54) is 31.4 Å². The molecule has 0 spiro atoms. The quantitative estimate of drug-likeness (QED) is 0.916. The first-order valence-corrected chi connectivity index (χ1v) is 8.48. The Hall–Kier alpha value is -2.37. The normalized spacial score (nSPS) is 22.7. The Balaban J connectivity index is 1.47. The van der Waals surface area contributed by atoms with Gasteiger partial charge in [0.1, 0.15) is 5.82 Å². The van der Waals surface area contributed by atoms with E-state index >= 15 is 0 Å². The van der Waals surface area contributed by atoms with Crippen molar-refractivity contribution in [3.05, 3.63) is 42.0 Å². The molecule has 2 amide bonds. The Morgan fingerprint density at radius 3 is 2.54 bits per heavy atom. The molecule has 1 aliphatic carbocycles. The number of hydrogen-bond acceptors (Lipinski definition) is 2. The maximum atomic E-state index is 13.1. The van der Waals surface area contributed by atoms with E-state index < -0.39 is 0 Å². The number of nitrogens with one attached hydrogen (secondary N) is 1. The van der Waals surface area contributed by atoms with Gasteiger partial charge in [0.15, 0.2) is 0 Å². The van der Waals surface area contributed by atoms with Crippen LogP contribution in [-0.4, -0.2) is 33.8 Å². The van der Waals surface area contributed by atoms with Gasteiger partial charge in [-0.1, -0.05) is 6.42 Å². The number of aromatic nitrogens is 2. The van der Waals surface area contributed by atoms with E-state index in [9.17, 15) is 9.18 Å². The number of rotatable bonds is 2. The van der Waals surface area contributed by atoms with Crippen molar-refractivity contribution in [3.8, 4) is 5.69 Å². The monoisotopic (exact) mass is 328 g/mol. The summed E-state index contributed by atoms with van der Waals surface area (Å²) >= 11 is 0. The molecule has 2 heterocycles. The standard InChI is InChI=1S/C18H21FN4O/c1-12-17(9-20-23(12)16-7-5-15(19)6-8-16)21-18(24)22-10-13-3-2-4-14(13)11-22/h5-9,13-14H,2-4,10-11H2,1H3,(H,21,24)/t13-,14+. The second-order valence-corrected chi connectivity index (χ2v) is 6.82. The highest BCUT2D eigenvalue weighted by molar-refractivity contribution is 5.90. The van der Waals surface area contributed by atoms with Crippen LogP contribution < -0.4 is 5.32 Å². The molecule has 2 aliphatic rings. The van der Waals surface area contributed by atoms with E-state index in [-0.39, 0.29) is 11.8 Å². The average molecular weight is 328 g/mol. The Morgan fingerprint density at radius 2 is 1.88 bits per heavy atom. The van der Waals surface area contributed by atoms with Crippen LogP contribution in [0.25, 0.3) is 5.69 Å². The maximum absolute atomic E-state index is 13.1. The van der Waals surface area contributed by atoms with Crippen LogP contribution in [0.1, 0.15) is 25.0 Å². The first-order valence-electron chi connectivity index (χ1n) is 8.48. The van der Waals surface area contributed by atoms with Crippen LogP contribution in [0.15, 0.2) is 30.5 Å². The highest BCUT2D eigenvalue weighted by atomic mass is 19.1. The summed E-state index contributed by atoms with van der Waals surface area (Å²) in [7, 11) is 0. The maximum Gasteiger partial charge on any atom is 0.321 e. The molecule has 24 heavy (non-hydrogen) atoms. The van der Waals surface area contributed by atoms with Crippen molar-refractivity contribution < 1.29 is 9.18 Å². The summed E-state index contributed by atoms with van der Waals surface area (Å²) in [6, 6.07) is 6.09. The van der Waals surface area contributed by atoms with E-state index in [4.69, 9.17) is 0 Å². The lowest BCUT2D eigenvalue weighted by Gasteiger charge is -2.18. The fourth-order valence-electron chi connectivity index (χ4n) is 3.97. The summed E-state index contributed by atoms with van der Waals surface area (Å²) in [5.74, 6) is 1.08. The molecule has 6 heteroatoms. The van der Waals surface area contributed by atoms with E-state index in [2.05, 4.69) is 10.4 Å². The van der Waals surface area contributed by atoms with Crippen molar-refractivity contribution in [1.82, 2.24) is 14.7 Å². The fourth-order valence-corrected chi connectivity index (χ4v) is 3.97. The Labute approximate surface area is 140 Å².